The van der Waals surface area contributed by atoms with Crippen molar-refractivity contribution in [2.75, 3.05) is 20.6 Å². The van der Waals surface area contributed by atoms with E-state index in [-0.39, 0.29) is 5.91 Å². The smallest absolute Gasteiger partial charge is 0.271 e. The molecular formula is C17H19ClN5O2+. The molecule has 0 saturated carbocycles. The van der Waals surface area contributed by atoms with Crippen molar-refractivity contribution < 1.29 is 14.2 Å². The van der Waals surface area contributed by atoms with Gasteiger partial charge in [0.1, 0.15) is 0 Å². The third-order valence-corrected chi connectivity index (χ3v) is 4.60. The molecule has 3 rings (SSSR count). The van der Waals surface area contributed by atoms with Gasteiger partial charge in [-0.2, -0.15) is 0 Å². The number of carbonyl (C=O) groups excluding carboxylic acids is 2. The first-order valence-electron chi connectivity index (χ1n) is 7.81. The van der Waals surface area contributed by atoms with Crippen LogP contribution in [0.2, 0.25) is 5.02 Å². The highest BCUT2D eigenvalue weighted by Gasteiger charge is 2.51. The highest BCUT2D eigenvalue weighted by atomic mass is 35.5. The number of nitrogens with one attached hydrogen (secondary N) is 1. The lowest BCUT2D eigenvalue weighted by Crippen LogP contribution is -2.61. The molecule has 1 saturated heterocycles. The SMILES string of the molecule is C=CCNC1=[N+](Cc2ccccc2Cl)C2C(=O)N(C)C(=O)N(C)C2=N1. The third-order valence-electron chi connectivity index (χ3n) is 4.23. The Morgan fingerprint density at radius 2 is 2.04 bits per heavy atom. The van der Waals surface area contributed by atoms with Gasteiger partial charge in [-0.15, -0.1) is 0 Å². The molecule has 0 bridgehead atoms. The highest BCUT2D eigenvalue weighted by molar-refractivity contribution is 6.31. The standard InChI is InChI=1S/C17H18ClN5O2/c1-4-9-19-16-20-14-13(15(24)22(3)17(25)21(14)2)23(16)10-11-7-5-6-8-12(11)18/h4-8,13H,1,9-10H2,2-3H3/p+1. The molecule has 1 fully saturated rings. The highest BCUT2D eigenvalue weighted by Crippen LogP contribution is 2.22. The number of likely N-dealkylation sites (N-methyl/N-ethyl adjacent to an activating group) is 2. The number of benzene rings is 1. The molecule has 2 aliphatic heterocycles. The van der Waals surface area contributed by atoms with Crippen molar-refractivity contribution in [1.29, 1.82) is 0 Å². The molecule has 8 heteroatoms. The number of guanidine groups is 1. The Kier molecular flexibility index (Phi) is 4.59. The van der Waals surface area contributed by atoms with E-state index in [0.717, 1.165) is 10.5 Å². The number of aliphatic imine (C=N–C) groups is 1. The van der Waals surface area contributed by atoms with E-state index in [1.54, 1.807) is 19.2 Å². The first kappa shape index (κ1) is 17.2. The van der Waals surface area contributed by atoms with Crippen LogP contribution in [0.25, 0.3) is 0 Å². The summed E-state index contributed by atoms with van der Waals surface area (Å²) >= 11 is 6.28. The van der Waals surface area contributed by atoms with Crippen molar-refractivity contribution >= 4 is 35.3 Å². The van der Waals surface area contributed by atoms with Gasteiger partial charge in [0.05, 0.1) is 13.1 Å². The van der Waals surface area contributed by atoms with Crippen LogP contribution in [0.1, 0.15) is 5.56 Å². The number of fused-ring (bicyclic) bond motifs is 1. The average molecular weight is 361 g/mol. The Bertz CT molecular complexity index is 817. The zero-order valence-corrected chi connectivity index (χ0v) is 14.8. The van der Waals surface area contributed by atoms with E-state index in [1.165, 1.54) is 11.9 Å². The second kappa shape index (κ2) is 6.68. The number of amides is 3. The van der Waals surface area contributed by atoms with Crippen LogP contribution >= 0.6 is 11.6 Å². The number of rotatable bonds is 4. The van der Waals surface area contributed by atoms with Crippen molar-refractivity contribution in [2.45, 2.75) is 12.6 Å². The molecule has 0 aromatic heterocycles. The molecule has 7 nitrogen and oxygen atoms in total. The second-order valence-corrected chi connectivity index (χ2v) is 6.23. The zero-order chi connectivity index (χ0) is 18.1. The van der Waals surface area contributed by atoms with E-state index in [1.807, 2.05) is 22.8 Å². The molecule has 1 atom stereocenters. The Balaban J connectivity index is 2.03. The molecule has 25 heavy (non-hydrogen) atoms. The van der Waals surface area contributed by atoms with Crippen LogP contribution in [0.4, 0.5) is 4.79 Å². The number of hydrogen-bond acceptors (Lipinski definition) is 4. The lowest BCUT2D eigenvalue weighted by molar-refractivity contribution is -0.552. The van der Waals surface area contributed by atoms with Gasteiger partial charge < -0.3 is 0 Å². The summed E-state index contributed by atoms with van der Waals surface area (Å²) in [5.74, 6) is 0.610. The number of nitrogens with zero attached hydrogens (tertiary/aromatic N) is 4. The Morgan fingerprint density at radius 1 is 1.32 bits per heavy atom. The minimum atomic E-state index is -0.670. The monoisotopic (exact) mass is 360 g/mol. The van der Waals surface area contributed by atoms with Gasteiger partial charge in [-0.3, -0.25) is 19.9 Å². The van der Waals surface area contributed by atoms with Crippen molar-refractivity contribution in [3.8, 4) is 0 Å². The summed E-state index contributed by atoms with van der Waals surface area (Å²) in [7, 11) is 3.09. The minimum absolute atomic E-state index is 0.315. The Labute approximate surface area is 150 Å². The molecular weight excluding hydrogens is 342 g/mol. The lowest BCUT2D eigenvalue weighted by atomic mass is 10.1. The van der Waals surface area contributed by atoms with Crippen LogP contribution in [0.15, 0.2) is 41.9 Å². The number of carbonyl (C=O) groups is 2. The van der Waals surface area contributed by atoms with Crippen LogP contribution in [0.5, 0.6) is 0 Å². The first-order chi connectivity index (χ1) is 12.0. The summed E-state index contributed by atoms with van der Waals surface area (Å²) in [5, 5.41) is 3.74. The van der Waals surface area contributed by atoms with E-state index < -0.39 is 12.1 Å². The molecule has 3 amide bonds. The van der Waals surface area contributed by atoms with Crippen molar-refractivity contribution in [3.05, 3.63) is 47.5 Å². The average Bonchev–Trinajstić information content (AvgIpc) is 2.96. The molecule has 0 aliphatic carbocycles. The fraction of sp³-hybridized carbons (Fsp3) is 0.294. The number of urea groups is 1. The number of hydrogen-bond donors (Lipinski definition) is 1. The normalized spacial score (nSPS) is 20.0. The van der Waals surface area contributed by atoms with Gasteiger partial charge in [0.2, 0.25) is 11.9 Å². The fourth-order valence-electron chi connectivity index (χ4n) is 2.88. The molecule has 0 radical (unpaired) electrons. The number of imide groups is 1. The van der Waals surface area contributed by atoms with Crippen LogP contribution < -0.4 is 5.32 Å². The van der Waals surface area contributed by atoms with E-state index in [2.05, 4.69) is 16.9 Å². The van der Waals surface area contributed by atoms with Gasteiger partial charge >= 0.3 is 12.0 Å². The maximum Gasteiger partial charge on any atom is 0.390 e. The summed E-state index contributed by atoms with van der Waals surface area (Å²) in [6.07, 6.45) is 1.70. The van der Waals surface area contributed by atoms with Crippen LogP contribution in [-0.4, -0.2) is 64.8 Å². The van der Waals surface area contributed by atoms with Crippen molar-refractivity contribution in [1.82, 2.24) is 15.1 Å². The van der Waals surface area contributed by atoms with Gasteiger partial charge in [-0.25, -0.2) is 9.37 Å². The van der Waals surface area contributed by atoms with Gasteiger partial charge in [0.25, 0.3) is 5.91 Å². The quantitative estimate of drug-likeness (QED) is 0.650. The van der Waals surface area contributed by atoms with Gasteiger partial charge in [-0.1, -0.05) is 47.4 Å². The maximum absolute atomic E-state index is 12.7. The molecule has 1 aromatic carbocycles. The molecule has 2 aliphatic rings. The Hall–Kier alpha value is -2.67. The van der Waals surface area contributed by atoms with Crippen molar-refractivity contribution in [3.63, 3.8) is 0 Å². The summed E-state index contributed by atoms with van der Waals surface area (Å²) in [5.41, 5.74) is 0.869. The third kappa shape index (κ3) is 2.91. The lowest BCUT2D eigenvalue weighted by Gasteiger charge is -2.31. The second-order valence-electron chi connectivity index (χ2n) is 5.82. The summed E-state index contributed by atoms with van der Waals surface area (Å²) in [4.78, 5) is 31.9. The summed E-state index contributed by atoms with van der Waals surface area (Å²) in [6, 6.07) is 6.37. The van der Waals surface area contributed by atoms with E-state index in [9.17, 15) is 9.59 Å². The molecule has 130 valence electrons. The van der Waals surface area contributed by atoms with Crippen LogP contribution in [0.3, 0.4) is 0 Å². The van der Waals surface area contributed by atoms with Gasteiger partial charge in [-0.05, 0) is 6.07 Å². The predicted molar refractivity (Wildman–Crippen MR) is 95.8 cm³/mol. The van der Waals surface area contributed by atoms with E-state index >= 15 is 0 Å². The molecule has 1 aromatic rings. The molecule has 0 spiro atoms. The topological polar surface area (TPSA) is 68.0 Å². The van der Waals surface area contributed by atoms with E-state index in [4.69, 9.17) is 11.6 Å². The van der Waals surface area contributed by atoms with Crippen LogP contribution in [-0.2, 0) is 11.3 Å². The van der Waals surface area contributed by atoms with E-state index in [0.29, 0.717) is 29.9 Å². The number of halogens is 1. The molecule has 1 N–H and O–H groups in total. The van der Waals surface area contributed by atoms with Gasteiger partial charge in [0, 0.05) is 24.7 Å². The first-order valence-corrected chi connectivity index (χ1v) is 8.19. The predicted octanol–water partition coefficient (Wildman–Crippen LogP) is 1.29. The number of amidine groups is 1. The zero-order valence-electron chi connectivity index (χ0n) is 14.1. The minimum Gasteiger partial charge on any atom is -0.271 e. The largest absolute Gasteiger partial charge is 0.390 e. The molecule has 2 heterocycles. The molecule has 1 unspecified atom stereocenters. The van der Waals surface area contributed by atoms with Crippen LogP contribution in [0, 0.1) is 0 Å². The Morgan fingerprint density at radius 3 is 2.72 bits per heavy atom. The fourth-order valence-corrected chi connectivity index (χ4v) is 3.07. The summed E-state index contributed by atoms with van der Waals surface area (Å²) in [6.45, 7) is 4.56. The van der Waals surface area contributed by atoms with Crippen molar-refractivity contribution in [2.24, 2.45) is 4.99 Å². The summed E-state index contributed by atoms with van der Waals surface area (Å²) < 4.78 is 1.82. The van der Waals surface area contributed by atoms with Gasteiger partial charge in [0.15, 0.2) is 0 Å². The maximum atomic E-state index is 12.7.